The van der Waals surface area contributed by atoms with Crippen LogP contribution in [0, 0.1) is 0 Å². The van der Waals surface area contributed by atoms with Crippen LogP contribution in [0.3, 0.4) is 0 Å². The standard InChI is InChI=1S/C14H20O3/c1-4-14(16,5-2)13(15)10-11-8-6-7-9-12(11)17-3/h6-9,16H,4-5,10H2,1-3H3. The molecule has 0 unspecified atom stereocenters. The quantitative estimate of drug-likeness (QED) is 0.824. The first-order valence-corrected chi connectivity index (χ1v) is 5.95. The summed E-state index contributed by atoms with van der Waals surface area (Å²) in [4.78, 5) is 12.1. The number of ether oxygens (including phenoxy) is 1. The van der Waals surface area contributed by atoms with Gasteiger partial charge < -0.3 is 9.84 Å². The lowest BCUT2D eigenvalue weighted by Gasteiger charge is -2.23. The van der Waals surface area contributed by atoms with Gasteiger partial charge in [-0.3, -0.25) is 4.79 Å². The fourth-order valence-corrected chi connectivity index (χ4v) is 1.83. The van der Waals surface area contributed by atoms with E-state index in [0.717, 1.165) is 5.56 Å². The molecule has 1 rings (SSSR count). The van der Waals surface area contributed by atoms with E-state index in [4.69, 9.17) is 4.74 Å². The molecule has 1 N–H and O–H groups in total. The van der Waals surface area contributed by atoms with Gasteiger partial charge in [0.1, 0.15) is 11.4 Å². The highest BCUT2D eigenvalue weighted by molar-refractivity contribution is 5.89. The van der Waals surface area contributed by atoms with E-state index in [1.54, 1.807) is 7.11 Å². The topological polar surface area (TPSA) is 46.5 Å². The Hall–Kier alpha value is -1.35. The van der Waals surface area contributed by atoms with Crippen molar-refractivity contribution in [3.8, 4) is 5.75 Å². The molecule has 0 radical (unpaired) electrons. The average Bonchev–Trinajstić information content (AvgIpc) is 2.38. The van der Waals surface area contributed by atoms with Gasteiger partial charge in [0.05, 0.1) is 7.11 Å². The van der Waals surface area contributed by atoms with Crippen LogP contribution < -0.4 is 4.74 Å². The highest BCUT2D eigenvalue weighted by atomic mass is 16.5. The van der Waals surface area contributed by atoms with E-state index in [-0.39, 0.29) is 12.2 Å². The van der Waals surface area contributed by atoms with E-state index >= 15 is 0 Å². The van der Waals surface area contributed by atoms with Crippen LogP contribution in [0.15, 0.2) is 24.3 Å². The molecule has 1 aromatic rings. The summed E-state index contributed by atoms with van der Waals surface area (Å²) in [5.41, 5.74) is -0.388. The number of aliphatic hydroxyl groups is 1. The molecule has 3 nitrogen and oxygen atoms in total. The fourth-order valence-electron chi connectivity index (χ4n) is 1.83. The molecule has 0 aliphatic carbocycles. The zero-order valence-electron chi connectivity index (χ0n) is 10.7. The number of benzene rings is 1. The summed E-state index contributed by atoms with van der Waals surface area (Å²) in [6.07, 6.45) is 1.09. The van der Waals surface area contributed by atoms with E-state index in [2.05, 4.69) is 0 Å². The first kappa shape index (κ1) is 13.7. The van der Waals surface area contributed by atoms with Crippen LogP contribution in [-0.2, 0) is 11.2 Å². The van der Waals surface area contributed by atoms with Crippen LogP contribution in [0.4, 0.5) is 0 Å². The minimum Gasteiger partial charge on any atom is -0.496 e. The molecule has 0 aliphatic rings. The number of carbonyl (C=O) groups excluding carboxylic acids is 1. The normalized spacial score (nSPS) is 11.3. The maximum Gasteiger partial charge on any atom is 0.168 e. The smallest absolute Gasteiger partial charge is 0.168 e. The third-order valence-electron chi connectivity index (χ3n) is 3.23. The first-order valence-electron chi connectivity index (χ1n) is 5.95. The molecule has 0 spiro atoms. The number of hydrogen-bond acceptors (Lipinski definition) is 3. The van der Waals surface area contributed by atoms with Crippen LogP contribution >= 0.6 is 0 Å². The molecule has 0 aliphatic heterocycles. The number of para-hydroxylation sites is 1. The summed E-state index contributed by atoms with van der Waals surface area (Å²) in [6.45, 7) is 3.65. The van der Waals surface area contributed by atoms with E-state index in [1.807, 2.05) is 38.1 Å². The molecule has 0 amide bonds. The van der Waals surface area contributed by atoms with Crippen LogP contribution in [-0.4, -0.2) is 23.6 Å². The third-order valence-corrected chi connectivity index (χ3v) is 3.23. The van der Waals surface area contributed by atoms with Gasteiger partial charge in [-0.15, -0.1) is 0 Å². The maximum atomic E-state index is 12.1. The lowest BCUT2D eigenvalue weighted by molar-refractivity contribution is -0.137. The summed E-state index contributed by atoms with van der Waals surface area (Å²) in [7, 11) is 1.58. The summed E-state index contributed by atoms with van der Waals surface area (Å²) < 4.78 is 5.19. The van der Waals surface area contributed by atoms with Crippen molar-refractivity contribution in [3.63, 3.8) is 0 Å². The molecule has 94 valence electrons. The number of hydrogen-bond donors (Lipinski definition) is 1. The minimum absolute atomic E-state index is 0.146. The Morgan fingerprint density at radius 3 is 2.41 bits per heavy atom. The minimum atomic E-state index is -1.21. The second-order valence-electron chi connectivity index (χ2n) is 4.15. The van der Waals surface area contributed by atoms with Crippen molar-refractivity contribution in [3.05, 3.63) is 29.8 Å². The Morgan fingerprint density at radius 1 is 1.29 bits per heavy atom. The molecule has 0 fully saturated rings. The molecule has 17 heavy (non-hydrogen) atoms. The lowest BCUT2D eigenvalue weighted by atomic mass is 9.88. The van der Waals surface area contributed by atoms with Crippen molar-refractivity contribution >= 4 is 5.78 Å². The van der Waals surface area contributed by atoms with Crippen LogP contribution in [0.2, 0.25) is 0 Å². The van der Waals surface area contributed by atoms with Crippen molar-refractivity contribution in [1.29, 1.82) is 0 Å². The average molecular weight is 236 g/mol. The summed E-state index contributed by atoms with van der Waals surface area (Å²) in [5.74, 6) is 0.544. The molecular weight excluding hydrogens is 216 g/mol. The monoisotopic (exact) mass is 236 g/mol. The van der Waals surface area contributed by atoms with E-state index < -0.39 is 5.60 Å². The Morgan fingerprint density at radius 2 is 1.88 bits per heavy atom. The van der Waals surface area contributed by atoms with Crippen LogP contribution in [0.25, 0.3) is 0 Å². The maximum absolute atomic E-state index is 12.1. The predicted molar refractivity (Wildman–Crippen MR) is 67.2 cm³/mol. The number of Topliss-reactive ketones (excluding diaryl/α,β-unsaturated/α-hetero) is 1. The van der Waals surface area contributed by atoms with Crippen molar-refractivity contribution < 1.29 is 14.6 Å². The van der Waals surface area contributed by atoms with Crippen molar-refractivity contribution in [1.82, 2.24) is 0 Å². The Kier molecular flexibility index (Phi) is 4.70. The Balaban J connectivity index is 2.87. The third kappa shape index (κ3) is 3.07. The van der Waals surface area contributed by atoms with Crippen LogP contribution in [0.5, 0.6) is 5.75 Å². The lowest BCUT2D eigenvalue weighted by Crippen LogP contribution is -2.38. The van der Waals surface area contributed by atoms with Gasteiger partial charge >= 0.3 is 0 Å². The molecule has 0 bridgehead atoms. The summed E-state index contributed by atoms with van der Waals surface area (Å²) >= 11 is 0. The molecule has 0 aromatic heterocycles. The van der Waals surface area contributed by atoms with Gasteiger partial charge in [0.2, 0.25) is 0 Å². The van der Waals surface area contributed by atoms with Crippen molar-refractivity contribution in [2.24, 2.45) is 0 Å². The zero-order chi connectivity index (χ0) is 12.9. The van der Waals surface area contributed by atoms with Gasteiger partial charge in [-0.05, 0) is 18.9 Å². The van der Waals surface area contributed by atoms with Crippen molar-refractivity contribution in [2.75, 3.05) is 7.11 Å². The van der Waals surface area contributed by atoms with Gasteiger partial charge in [-0.1, -0.05) is 32.0 Å². The first-order chi connectivity index (χ1) is 8.07. The molecule has 3 heteroatoms. The Bertz CT molecular complexity index is 381. The summed E-state index contributed by atoms with van der Waals surface area (Å²) in [6, 6.07) is 7.39. The molecule has 0 heterocycles. The van der Waals surface area contributed by atoms with E-state index in [0.29, 0.717) is 18.6 Å². The van der Waals surface area contributed by atoms with Gasteiger partial charge in [-0.25, -0.2) is 0 Å². The largest absolute Gasteiger partial charge is 0.496 e. The Labute approximate surface area is 102 Å². The number of ketones is 1. The van der Waals surface area contributed by atoms with Gasteiger partial charge in [0.15, 0.2) is 5.78 Å². The predicted octanol–water partition coefficient (Wildman–Crippen LogP) is 2.36. The van der Waals surface area contributed by atoms with Gasteiger partial charge in [0, 0.05) is 12.0 Å². The number of carbonyl (C=O) groups is 1. The second kappa shape index (κ2) is 5.82. The molecule has 0 atom stereocenters. The van der Waals surface area contributed by atoms with E-state index in [1.165, 1.54) is 0 Å². The molecular formula is C14H20O3. The van der Waals surface area contributed by atoms with Crippen LogP contribution in [0.1, 0.15) is 32.3 Å². The summed E-state index contributed by atoms with van der Waals surface area (Å²) in [5, 5.41) is 10.1. The SMILES string of the molecule is CCC(O)(CC)C(=O)Cc1ccccc1OC. The van der Waals surface area contributed by atoms with Crippen molar-refractivity contribution in [2.45, 2.75) is 38.7 Å². The number of rotatable bonds is 6. The second-order valence-corrected chi connectivity index (χ2v) is 4.15. The molecule has 0 saturated carbocycles. The van der Waals surface area contributed by atoms with E-state index in [9.17, 15) is 9.90 Å². The highest BCUT2D eigenvalue weighted by Gasteiger charge is 2.31. The fraction of sp³-hybridized carbons (Fsp3) is 0.500. The number of methoxy groups -OCH3 is 1. The van der Waals surface area contributed by atoms with Gasteiger partial charge in [-0.2, -0.15) is 0 Å². The highest BCUT2D eigenvalue weighted by Crippen LogP contribution is 2.23. The molecule has 0 saturated heterocycles. The zero-order valence-corrected chi connectivity index (χ0v) is 10.7. The van der Waals surface area contributed by atoms with Gasteiger partial charge in [0.25, 0.3) is 0 Å². The molecule has 1 aromatic carbocycles.